The summed E-state index contributed by atoms with van der Waals surface area (Å²) >= 11 is 3.47. The number of nitrogens with one attached hydrogen (secondary N) is 1. The summed E-state index contributed by atoms with van der Waals surface area (Å²) in [7, 11) is 0. The minimum absolute atomic E-state index is 0.462. The van der Waals surface area contributed by atoms with Crippen LogP contribution in [0.2, 0.25) is 0 Å². The Kier molecular flexibility index (Phi) is 5.03. The zero-order chi connectivity index (χ0) is 14.4. The van der Waals surface area contributed by atoms with Gasteiger partial charge in [0.2, 0.25) is 0 Å². The molecule has 0 fully saturated rings. The van der Waals surface area contributed by atoms with Crippen LogP contribution in [-0.4, -0.2) is 6.61 Å². The van der Waals surface area contributed by atoms with E-state index in [1.54, 1.807) is 0 Å². The molecule has 4 heteroatoms. The van der Waals surface area contributed by atoms with Crippen LogP contribution in [-0.2, 0) is 0 Å². The predicted molar refractivity (Wildman–Crippen MR) is 83.7 cm³/mol. The largest absolute Gasteiger partial charge is 0.493 e. The molecule has 0 heterocycles. The van der Waals surface area contributed by atoms with E-state index < -0.39 is 6.04 Å². The zero-order valence-corrected chi connectivity index (χ0v) is 12.7. The minimum Gasteiger partial charge on any atom is -0.493 e. The number of nitriles is 1. The van der Waals surface area contributed by atoms with E-state index >= 15 is 0 Å². The SMILES string of the molecule is CCOc1ccccc1C(C#N)Nc1ccccc1Br. The third-order valence-corrected chi connectivity index (χ3v) is 3.52. The molecule has 1 unspecified atom stereocenters. The van der Waals surface area contributed by atoms with Crippen molar-refractivity contribution >= 4 is 21.6 Å². The normalized spacial score (nSPS) is 11.4. The van der Waals surface area contributed by atoms with Gasteiger partial charge in [0.25, 0.3) is 0 Å². The smallest absolute Gasteiger partial charge is 0.143 e. The second-order valence-corrected chi connectivity index (χ2v) is 5.01. The van der Waals surface area contributed by atoms with Crippen molar-refractivity contribution in [3.8, 4) is 11.8 Å². The fraction of sp³-hybridized carbons (Fsp3) is 0.188. The van der Waals surface area contributed by atoms with Crippen LogP contribution in [0.3, 0.4) is 0 Å². The summed E-state index contributed by atoms with van der Waals surface area (Å²) in [6.45, 7) is 2.50. The Labute approximate surface area is 127 Å². The van der Waals surface area contributed by atoms with Gasteiger partial charge in [-0.05, 0) is 41.1 Å². The number of halogens is 1. The van der Waals surface area contributed by atoms with Crippen molar-refractivity contribution in [1.29, 1.82) is 5.26 Å². The van der Waals surface area contributed by atoms with Gasteiger partial charge in [0.15, 0.2) is 0 Å². The Morgan fingerprint density at radius 3 is 2.60 bits per heavy atom. The van der Waals surface area contributed by atoms with Crippen LogP contribution in [0, 0.1) is 11.3 Å². The second kappa shape index (κ2) is 6.97. The number of rotatable bonds is 5. The van der Waals surface area contributed by atoms with E-state index in [4.69, 9.17) is 4.74 Å². The molecule has 0 amide bonds. The van der Waals surface area contributed by atoms with Crippen LogP contribution in [0.1, 0.15) is 18.5 Å². The van der Waals surface area contributed by atoms with Crippen LogP contribution >= 0.6 is 15.9 Å². The summed E-state index contributed by atoms with van der Waals surface area (Å²) in [4.78, 5) is 0. The standard InChI is InChI=1S/C16H15BrN2O/c1-2-20-16-10-6-3-7-12(16)15(11-18)19-14-9-5-4-8-13(14)17/h3-10,15,19H,2H2,1H3. The highest BCUT2D eigenvalue weighted by atomic mass is 79.9. The molecule has 0 saturated heterocycles. The van der Waals surface area contributed by atoms with Crippen molar-refractivity contribution in [2.24, 2.45) is 0 Å². The summed E-state index contributed by atoms with van der Waals surface area (Å²) < 4.78 is 6.51. The van der Waals surface area contributed by atoms with Gasteiger partial charge in [0, 0.05) is 15.7 Å². The van der Waals surface area contributed by atoms with E-state index in [0.29, 0.717) is 6.61 Å². The number of ether oxygens (including phenoxy) is 1. The average Bonchev–Trinajstić information content (AvgIpc) is 2.48. The van der Waals surface area contributed by atoms with E-state index in [9.17, 15) is 5.26 Å². The number of hydrogen-bond acceptors (Lipinski definition) is 3. The first-order valence-electron chi connectivity index (χ1n) is 6.38. The summed E-state index contributed by atoms with van der Waals surface area (Å²) in [6.07, 6.45) is 0. The van der Waals surface area contributed by atoms with Crippen LogP contribution in [0.4, 0.5) is 5.69 Å². The second-order valence-electron chi connectivity index (χ2n) is 4.16. The Morgan fingerprint density at radius 2 is 1.90 bits per heavy atom. The van der Waals surface area contributed by atoms with Gasteiger partial charge in [0.1, 0.15) is 11.8 Å². The van der Waals surface area contributed by atoms with Gasteiger partial charge in [-0.25, -0.2) is 0 Å². The van der Waals surface area contributed by atoms with Crippen molar-refractivity contribution in [3.05, 3.63) is 58.6 Å². The zero-order valence-electron chi connectivity index (χ0n) is 11.1. The molecule has 102 valence electrons. The fourth-order valence-corrected chi connectivity index (χ4v) is 2.32. The molecule has 2 aromatic rings. The molecule has 0 aromatic heterocycles. The lowest BCUT2D eigenvalue weighted by molar-refractivity contribution is 0.336. The molecule has 20 heavy (non-hydrogen) atoms. The molecule has 0 saturated carbocycles. The van der Waals surface area contributed by atoms with E-state index in [1.165, 1.54) is 0 Å². The third-order valence-electron chi connectivity index (χ3n) is 2.83. The molecule has 0 aliphatic rings. The Hall–Kier alpha value is -1.99. The van der Waals surface area contributed by atoms with Gasteiger partial charge < -0.3 is 10.1 Å². The maximum absolute atomic E-state index is 9.44. The highest BCUT2D eigenvalue weighted by molar-refractivity contribution is 9.10. The van der Waals surface area contributed by atoms with E-state index in [0.717, 1.165) is 21.5 Å². The number of benzene rings is 2. The van der Waals surface area contributed by atoms with Gasteiger partial charge >= 0.3 is 0 Å². The molecule has 2 aromatic carbocycles. The van der Waals surface area contributed by atoms with Crippen molar-refractivity contribution in [1.82, 2.24) is 0 Å². The van der Waals surface area contributed by atoms with Crippen molar-refractivity contribution in [3.63, 3.8) is 0 Å². The fourth-order valence-electron chi connectivity index (χ4n) is 1.92. The Bertz CT molecular complexity index is 622. The van der Waals surface area contributed by atoms with E-state index in [2.05, 4.69) is 27.3 Å². The molecule has 0 bridgehead atoms. The van der Waals surface area contributed by atoms with Crippen LogP contribution in [0.25, 0.3) is 0 Å². The molecular formula is C16H15BrN2O. The van der Waals surface area contributed by atoms with Gasteiger partial charge in [-0.2, -0.15) is 5.26 Å². The van der Waals surface area contributed by atoms with Gasteiger partial charge in [0.05, 0.1) is 12.7 Å². The number of nitrogens with zero attached hydrogens (tertiary/aromatic N) is 1. The average molecular weight is 331 g/mol. The number of hydrogen-bond donors (Lipinski definition) is 1. The minimum atomic E-state index is -0.462. The highest BCUT2D eigenvalue weighted by Gasteiger charge is 2.16. The molecule has 2 rings (SSSR count). The predicted octanol–water partition coefficient (Wildman–Crippen LogP) is 4.52. The molecule has 1 atom stereocenters. The van der Waals surface area contributed by atoms with Crippen molar-refractivity contribution in [2.45, 2.75) is 13.0 Å². The molecule has 0 aliphatic heterocycles. The van der Waals surface area contributed by atoms with Gasteiger partial charge in [-0.15, -0.1) is 0 Å². The first-order chi connectivity index (χ1) is 9.76. The highest BCUT2D eigenvalue weighted by Crippen LogP contribution is 2.30. The lowest BCUT2D eigenvalue weighted by Gasteiger charge is -2.17. The van der Waals surface area contributed by atoms with E-state index in [-0.39, 0.29) is 0 Å². The topological polar surface area (TPSA) is 45.0 Å². The quantitative estimate of drug-likeness (QED) is 0.876. The van der Waals surface area contributed by atoms with Crippen LogP contribution < -0.4 is 10.1 Å². The summed E-state index contributed by atoms with van der Waals surface area (Å²) in [6, 6.07) is 17.1. The number of anilines is 1. The third kappa shape index (κ3) is 3.31. The molecule has 0 spiro atoms. The van der Waals surface area contributed by atoms with Gasteiger partial charge in [-0.1, -0.05) is 30.3 Å². The molecule has 0 radical (unpaired) electrons. The van der Waals surface area contributed by atoms with Gasteiger partial charge in [-0.3, -0.25) is 0 Å². The van der Waals surface area contributed by atoms with Crippen LogP contribution in [0.5, 0.6) is 5.75 Å². The summed E-state index contributed by atoms with van der Waals surface area (Å²) in [5.74, 6) is 0.737. The molecule has 3 nitrogen and oxygen atoms in total. The summed E-state index contributed by atoms with van der Waals surface area (Å²) in [5.41, 5.74) is 1.72. The monoisotopic (exact) mass is 330 g/mol. The molecule has 1 N–H and O–H groups in total. The van der Waals surface area contributed by atoms with Crippen molar-refractivity contribution < 1.29 is 4.74 Å². The molecule has 0 aliphatic carbocycles. The van der Waals surface area contributed by atoms with Crippen LogP contribution in [0.15, 0.2) is 53.0 Å². The van der Waals surface area contributed by atoms with E-state index in [1.807, 2.05) is 55.5 Å². The molecular weight excluding hydrogens is 316 g/mol. The Balaban J connectivity index is 2.30. The summed E-state index contributed by atoms with van der Waals surface area (Å²) in [5, 5.41) is 12.7. The van der Waals surface area contributed by atoms with Crippen molar-refractivity contribution in [2.75, 3.05) is 11.9 Å². The lowest BCUT2D eigenvalue weighted by Crippen LogP contribution is -2.10. The number of para-hydroxylation sites is 2. The Morgan fingerprint density at radius 1 is 1.20 bits per heavy atom. The maximum Gasteiger partial charge on any atom is 0.143 e. The first kappa shape index (κ1) is 14.4. The lowest BCUT2D eigenvalue weighted by atomic mass is 10.1. The first-order valence-corrected chi connectivity index (χ1v) is 7.18. The maximum atomic E-state index is 9.44.